The van der Waals surface area contributed by atoms with Crippen molar-refractivity contribution in [3.05, 3.63) is 358 Å². The third-order valence-electron chi connectivity index (χ3n) is 26.3. The number of rotatable bonds is 6. The molecule has 0 radical (unpaired) electrons. The molecule has 8 nitrogen and oxygen atoms in total. The minimum absolute atomic E-state index is 0.857. The molecule has 27 rings (SSSR count). The highest BCUT2D eigenvalue weighted by Crippen LogP contribution is 2.53. The van der Waals surface area contributed by atoms with Crippen LogP contribution in [0, 0.1) is 83.1 Å². The van der Waals surface area contributed by atoms with Gasteiger partial charge in [0.2, 0.25) is 0 Å². The van der Waals surface area contributed by atoms with Crippen LogP contribution in [0.5, 0.6) is 0 Å². The molecule has 0 spiro atoms. The highest BCUT2D eigenvalue weighted by Gasteiger charge is 2.29. The summed E-state index contributed by atoms with van der Waals surface area (Å²) < 4.78 is 38.9. The Morgan fingerprint density at radius 2 is 0.381 bits per heavy atom. The summed E-state index contributed by atoms with van der Waals surface area (Å²) >= 11 is 7.70. The third-order valence-corrected chi connectivity index (χ3v) is 31.0. The van der Waals surface area contributed by atoms with Crippen LogP contribution in [0.15, 0.2) is 300 Å². The minimum atomic E-state index is 0.857. The number of hydrogen-bond donors (Lipinski definition) is 0. The first-order chi connectivity index (χ1) is 61.3. The quantitative estimate of drug-likeness (QED) is 0.167. The van der Waals surface area contributed by atoms with Gasteiger partial charge >= 0.3 is 0 Å². The second kappa shape index (κ2) is 27.8. The molecule has 15 aromatic carbocycles. The first-order valence-electron chi connectivity index (χ1n) is 43.3. The minimum Gasteiger partial charge on any atom is -0.454 e. The van der Waals surface area contributed by atoms with Gasteiger partial charge in [0.25, 0.3) is 0 Å². The van der Waals surface area contributed by atoms with Gasteiger partial charge in [-0.1, -0.05) is 167 Å². The molecule has 0 atom stereocenters. The average Bonchev–Trinajstić information content (AvgIpc) is 1.53. The SMILES string of the molecule is Cc1ccc(-n2c3cc(C)ccc3c3oc4cc5c(cc4c32)oc2c3ccc(C)cc3n(-c3ccc(C)cc3)c52)cc1.Cc1ccc(-n2c3cc(C)ccc3c3sc4cc5c(cc4c32)sc2c3ccc(C)cc3n(-c3ccc(C)cc3)c52)cc1.Cc1ccc(-n2c3cc4c5sc6cc(C)ccc6c5n(-c5ccc(C)cc5)c4cc3c3sc4cc(C)ccc4c32)cc1. The van der Waals surface area contributed by atoms with Crippen LogP contribution in [0.2, 0.25) is 0 Å². The molecule has 126 heavy (non-hydrogen) atoms. The van der Waals surface area contributed by atoms with E-state index in [2.05, 4.69) is 402 Å². The standard InChI is InChI=1S/C38H28N2O2.2C38H28N2S2/c1-21-5-11-25(12-6-21)39-31-17-23(3)9-15-27(31)37-35(39)29-19-34-30(20-33(29)41-37)36-38(42-34)28-16-10-24(4)18-32(28)40(36)26-13-7-22(2)8-14-26;1-21-5-11-25(12-6-21)39-31-19-30-32(20-29(31)37-35(39)27-15-9-23(3)17-33(27)41-37)40(26-13-7-22(2)8-14-26)36-28-16-10-24(4)18-34(28)42-38(30)36;1-21-5-11-25(12-6-21)39-31-17-23(3)9-15-27(31)37-35(39)29-19-34-30(20-33(29)41-37)36-38(42-34)28-16-10-24(4)18-32(28)40(36)26-13-7-22(2)8-14-26/h3*5-20H,1-4H3. The summed E-state index contributed by atoms with van der Waals surface area (Å²) in [6, 6.07) is 108. The smallest absolute Gasteiger partial charge is 0.161 e. The van der Waals surface area contributed by atoms with Gasteiger partial charge in [-0.15, -0.1) is 45.3 Å². The first kappa shape index (κ1) is 74.6. The summed E-state index contributed by atoms with van der Waals surface area (Å²) in [6.45, 7) is 25.9. The Morgan fingerprint density at radius 1 is 0.167 bits per heavy atom. The molecule has 27 aromatic rings. The van der Waals surface area contributed by atoms with Crippen LogP contribution in [-0.4, -0.2) is 27.4 Å². The molecule has 0 aliphatic heterocycles. The fourth-order valence-electron chi connectivity index (χ4n) is 20.0. The Kier molecular flexibility index (Phi) is 16.4. The van der Waals surface area contributed by atoms with Crippen molar-refractivity contribution in [3.8, 4) is 34.1 Å². The zero-order chi connectivity index (χ0) is 84.8. The molecule has 0 bridgehead atoms. The van der Waals surface area contributed by atoms with Crippen LogP contribution < -0.4 is 0 Å². The molecular formula is C114H84N6O2S4. The normalized spacial score (nSPS) is 12.3. The second-order valence-corrected chi connectivity index (χ2v) is 39.6. The number of nitrogens with zero attached hydrogens (tertiary/aromatic N) is 6. The van der Waals surface area contributed by atoms with E-state index in [1.165, 1.54) is 214 Å². The zero-order valence-corrected chi connectivity index (χ0v) is 75.1. The Hall–Kier alpha value is -14.0. The van der Waals surface area contributed by atoms with Crippen molar-refractivity contribution in [2.75, 3.05) is 0 Å². The molecule has 12 heteroatoms. The van der Waals surface area contributed by atoms with Crippen molar-refractivity contribution < 1.29 is 8.83 Å². The van der Waals surface area contributed by atoms with E-state index in [4.69, 9.17) is 8.83 Å². The van der Waals surface area contributed by atoms with Crippen LogP contribution in [0.25, 0.3) is 225 Å². The molecule has 12 heterocycles. The van der Waals surface area contributed by atoms with Crippen molar-refractivity contribution in [2.24, 2.45) is 0 Å². The number of fused-ring (bicyclic) bond motifs is 30. The van der Waals surface area contributed by atoms with Gasteiger partial charge in [-0.05, 0) is 274 Å². The van der Waals surface area contributed by atoms with Crippen LogP contribution >= 0.6 is 45.3 Å². The second-order valence-electron chi connectivity index (χ2n) is 35.4. The highest BCUT2D eigenvalue weighted by atomic mass is 32.1. The maximum absolute atomic E-state index is 6.74. The van der Waals surface area contributed by atoms with Gasteiger partial charge < -0.3 is 36.2 Å². The Bertz CT molecular complexity index is 8410. The molecule has 0 aliphatic rings. The number of aryl methyl sites for hydroxylation is 12. The molecule has 0 saturated carbocycles. The van der Waals surface area contributed by atoms with Crippen molar-refractivity contribution in [1.82, 2.24) is 27.4 Å². The van der Waals surface area contributed by atoms with Crippen LogP contribution in [0.4, 0.5) is 0 Å². The van der Waals surface area contributed by atoms with E-state index in [1.54, 1.807) is 0 Å². The van der Waals surface area contributed by atoms with Crippen molar-refractivity contribution in [3.63, 3.8) is 0 Å². The molecule has 606 valence electrons. The van der Waals surface area contributed by atoms with Crippen LogP contribution in [-0.2, 0) is 0 Å². The lowest BCUT2D eigenvalue weighted by Gasteiger charge is -2.10. The van der Waals surface area contributed by atoms with E-state index in [9.17, 15) is 0 Å². The Balaban J connectivity index is 0.000000103. The molecule has 0 fully saturated rings. The van der Waals surface area contributed by atoms with E-state index in [-0.39, 0.29) is 0 Å². The van der Waals surface area contributed by atoms with Gasteiger partial charge in [0.05, 0.1) is 74.0 Å². The van der Waals surface area contributed by atoms with E-state index >= 15 is 0 Å². The summed E-state index contributed by atoms with van der Waals surface area (Å²) in [4.78, 5) is 0. The first-order valence-corrected chi connectivity index (χ1v) is 46.6. The Labute approximate surface area is 741 Å². The van der Waals surface area contributed by atoms with E-state index in [0.717, 1.165) is 77.3 Å². The maximum Gasteiger partial charge on any atom is 0.161 e. The molecule has 0 unspecified atom stereocenters. The third kappa shape index (κ3) is 11.3. The van der Waals surface area contributed by atoms with Crippen molar-refractivity contribution >= 4 is 236 Å². The van der Waals surface area contributed by atoms with Crippen molar-refractivity contribution in [1.29, 1.82) is 0 Å². The number of benzene rings is 15. The van der Waals surface area contributed by atoms with Gasteiger partial charge in [-0.2, -0.15) is 0 Å². The van der Waals surface area contributed by atoms with Crippen LogP contribution in [0.1, 0.15) is 66.8 Å². The molecular weight excluding hydrogens is 1610 g/mol. The topological polar surface area (TPSA) is 55.9 Å². The van der Waals surface area contributed by atoms with Gasteiger partial charge in [0.15, 0.2) is 11.2 Å². The lowest BCUT2D eigenvalue weighted by Crippen LogP contribution is -1.95. The van der Waals surface area contributed by atoms with Crippen molar-refractivity contribution in [2.45, 2.75) is 83.1 Å². The molecule has 0 amide bonds. The fourth-order valence-corrected chi connectivity index (χ4v) is 25.1. The largest absolute Gasteiger partial charge is 0.454 e. The monoisotopic (exact) mass is 1700 g/mol. The Morgan fingerprint density at radius 3 is 0.675 bits per heavy atom. The predicted octanol–water partition coefficient (Wildman–Crippen LogP) is 33.7. The maximum atomic E-state index is 6.74. The summed E-state index contributed by atoms with van der Waals surface area (Å²) in [5.41, 5.74) is 40.6. The highest BCUT2D eigenvalue weighted by molar-refractivity contribution is 7.29. The number of thiophene rings is 4. The average molecular weight is 1700 g/mol. The number of furan rings is 2. The summed E-state index contributed by atoms with van der Waals surface area (Å²) in [7, 11) is 0. The number of hydrogen-bond acceptors (Lipinski definition) is 6. The van der Waals surface area contributed by atoms with E-state index < -0.39 is 0 Å². The fraction of sp³-hybridized carbons (Fsp3) is 0.105. The number of aromatic nitrogens is 6. The molecule has 0 saturated heterocycles. The lowest BCUT2D eigenvalue weighted by molar-refractivity contribution is 0.668. The summed E-state index contributed by atoms with van der Waals surface area (Å²) in [6.07, 6.45) is 0. The van der Waals surface area contributed by atoms with E-state index in [1.807, 2.05) is 45.3 Å². The zero-order valence-electron chi connectivity index (χ0n) is 71.8. The van der Waals surface area contributed by atoms with Gasteiger partial charge in [-0.3, -0.25) is 0 Å². The van der Waals surface area contributed by atoms with E-state index in [0.29, 0.717) is 0 Å². The lowest BCUT2D eigenvalue weighted by atomic mass is 10.1. The molecule has 0 aliphatic carbocycles. The molecule has 12 aromatic heterocycles. The van der Waals surface area contributed by atoms with Gasteiger partial charge in [0.1, 0.15) is 22.2 Å². The predicted molar refractivity (Wildman–Crippen MR) is 543 cm³/mol. The van der Waals surface area contributed by atoms with Crippen LogP contribution in [0.3, 0.4) is 0 Å². The van der Waals surface area contributed by atoms with Gasteiger partial charge in [0, 0.05) is 118 Å². The summed E-state index contributed by atoms with van der Waals surface area (Å²) in [5, 5.41) is 14.9. The van der Waals surface area contributed by atoms with Gasteiger partial charge in [-0.25, -0.2) is 0 Å². The summed E-state index contributed by atoms with van der Waals surface area (Å²) in [5.74, 6) is 0. The molecule has 0 N–H and O–H groups in total.